The van der Waals surface area contributed by atoms with Crippen molar-refractivity contribution in [2.45, 2.75) is 78.7 Å². The summed E-state index contributed by atoms with van der Waals surface area (Å²) in [6.45, 7) is 12.4. The summed E-state index contributed by atoms with van der Waals surface area (Å²) >= 11 is 0. The van der Waals surface area contributed by atoms with E-state index in [1.165, 1.54) is 0 Å². The molecule has 0 spiro atoms. The Morgan fingerprint density at radius 3 is 2.36 bits per heavy atom. The van der Waals surface area contributed by atoms with Crippen molar-refractivity contribution in [2.24, 2.45) is 5.41 Å². The smallest absolute Gasteiger partial charge is 0.407 e. The number of nitrogens with zero attached hydrogens (tertiary/aromatic N) is 3. The number of alkyl carbamates (subject to hydrolysis) is 1. The lowest BCUT2D eigenvalue weighted by Gasteiger charge is -2.42. The van der Waals surface area contributed by atoms with Crippen LogP contribution in [0.3, 0.4) is 0 Å². The van der Waals surface area contributed by atoms with E-state index in [9.17, 15) is 19.2 Å². The van der Waals surface area contributed by atoms with Crippen LogP contribution >= 0.6 is 0 Å². The Labute approximate surface area is 294 Å². The molecule has 3 aromatic carbocycles. The third-order valence-electron chi connectivity index (χ3n) is 8.97. The van der Waals surface area contributed by atoms with Gasteiger partial charge < -0.3 is 29.4 Å². The van der Waals surface area contributed by atoms with Crippen molar-refractivity contribution in [1.82, 2.24) is 15.3 Å². The van der Waals surface area contributed by atoms with Gasteiger partial charge in [0, 0.05) is 42.8 Å². The van der Waals surface area contributed by atoms with Crippen LogP contribution in [0.15, 0.2) is 78.9 Å². The Hall–Kier alpha value is -4.90. The van der Waals surface area contributed by atoms with Crippen LogP contribution in [-0.2, 0) is 31.4 Å². The van der Waals surface area contributed by atoms with E-state index in [0.717, 1.165) is 18.4 Å². The first-order valence-electron chi connectivity index (χ1n) is 17.2. The number of fused-ring (bicyclic) bond motifs is 1. The van der Waals surface area contributed by atoms with Crippen molar-refractivity contribution in [2.75, 3.05) is 31.1 Å². The van der Waals surface area contributed by atoms with Crippen molar-refractivity contribution in [1.29, 1.82) is 0 Å². The Kier molecular flexibility index (Phi) is 11.2. The van der Waals surface area contributed by atoms with Gasteiger partial charge in [-0.1, -0.05) is 60.7 Å². The number of anilines is 1. The molecule has 1 N–H and O–H groups in total. The molecular formula is C39H48N4O7. The van der Waals surface area contributed by atoms with Gasteiger partial charge in [0.15, 0.2) is 0 Å². The fourth-order valence-electron chi connectivity index (χ4n) is 6.24. The third kappa shape index (κ3) is 8.27. The van der Waals surface area contributed by atoms with E-state index in [4.69, 9.17) is 14.3 Å². The van der Waals surface area contributed by atoms with E-state index in [-0.39, 0.29) is 49.6 Å². The van der Waals surface area contributed by atoms with Gasteiger partial charge in [-0.3, -0.25) is 9.59 Å². The van der Waals surface area contributed by atoms with Gasteiger partial charge in [0.1, 0.15) is 12.4 Å². The standard InChI is InChI=1S/C39H48N4O7/c1-27(2)43(31-18-13-22-41(25-31)50-36(46)38(3,4)5)34(44)29-19-20-33-32(24-29)42(35(45)39(6,49-33)30-16-11-8-12-17-30)23-21-40-37(47)48-26-28-14-9-7-10-15-28/h7-12,14-17,19-20,24,27,31H,13,18,21-23,25-26H2,1-6H3,(H,40,47). The topological polar surface area (TPSA) is 118 Å². The monoisotopic (exact) mass is 684 g/mol. The van der Waals surface area contributed by atoms with Crippen LogP contribution in [0.5, 0.6) is 5.75 Å². The second-order valence-corrected chi connectivity index (χ2v) is 14.2. The summed E-state index contributed by atoms with van der Waals surface area (Å²) in [5.74, 6) is -0.414. The van der Waals surface area contributed by atoms with E-state index in [0.29, 0.717) is 35.7 Å². The molecule has 0 bridgehead atoms. The highest BCUT2D eigenvalue weighted by Crippen LogP contribution is 2.43. The number of nitrogens with one attached hydrogen (secondary N) is 1. The number of hydrogen-bond donors (Lipinski definition) is 1. The molecule has 1 fully saturated rings. The molecule has 2 aliphatic heterocycles. The van der Waals surface area contributed by atoms with Gasteiger partial charge in [0.05, 0.1) is 17.6 Å². The van der Waals surface area contributed by atoms with Crippen LogP contribution in [0.2, 0.25) is 0 Å². The van der Waals surface area contributed by atoms with E-state index >= 15 is 0 Å². The van der Waals surface area contributed by atoms with Gasteiger partial charge in [0.25, 0.3) is 11.8 Å². The molecule has 11 heteroatoms. The molecule has 2 atom stereocenters. The fourth-order valence-corrected chi connectivity index (χ4v) is 6.24. The Balaban J connectivity index is 1.37. The zero-order valence-electron chi connectivity index (χ0n) is 29.8. The number of amides is 3. The summed E-state index contributed by atoms with van der Waals surface area (Å²) in [5, 5.41) is 4.41. The van der Waals surface area contributed by atoms with Crippen molar-refractivity contribution in [3.8, 4) is 5.75 Å². The van der Waals surface area contributed by atoms with Crippen LogP contribution in [0.25, 0.3) is 0 Å². The molecule has 0 saturated carbocycles. The molecule has 2 heterocycles. The maximum absolute atomic E-state index is 14.3. The quantitative estimate of drug-likeness (QED) is 0.274. The molecule has 0 aromatic heterocycles. The van der Waals surface area contributed by atoms with Gasteiger partial charge in [-0.05, 0) is 78.1 Å². The second kappa shape index (κ2) is 15.3. The van der Waals surface area contributed by atoms with Crippen LogP contribution in [0.4, 0.5) is 10.5 Å². The fraction of sp³-hybridized carbons (Fsp3) is 0.436. The number of carbonyl (C=O) groups is 4. The Morgan fingerprint density at radius 1 is 1.02 bits per heavy atom. The summed E-state index contributed by atoms with van der Waals surface area (Å²) in [7, 11) is 0. The molecule has 5 rings (SSSR count). The zero-order valence-corrected chi connectivity index (χ0v) is 29.8. The molecule has 50 heavy (non-hydrogen) atoms. The van der Waals surface area contributed by atoms with Gasteiger partial charge in [-0.15, -0.1) is 5.06 Å². The van der Waals surface area contributed by atoms with Crippen molar-refractivity contribution in [3.05, 3.63) is 95.6 Å². The minimum Gasteiger partial charge on any atom is -0.471 e. The predicted octanol–water partition coefficient (Wildman–Crippen LogP) is 6.07. The van der Waals surface area contributed by atoms with E-state index in [1.54, 1.807) is 35.1 Å². The highest BCUT2D eigenvalue weighted by Gasteiger charge is 2.46. The molecule has 0 radical (unpaired) electrons. The molecule has 266 valence electrons. The van der Waals surface area contributed by atoms with E-state index in [1.807, 2.05) is 100 Å². The zero-order chi connectivity index (χ0) is 36.1. The predicted molar refractivity (Wildman–Crippen MR) is 189 cm³/mol. The summed E-state index contributed by atoms with van der Waals surface area (Å²) in [5.41, 5.74) is 0.370. The van der Waals surface area contributed by atoms with Crippen LogP contribution in [-0.4, -0.2) is 72.1 Å². The normalized spacial score (nSPS) is 19.3. The van der Waals surface area contributed by atoms with Gasteiger partial charge in [0.2, 0.25) is 5.60 Å². The lowest BCUT2D eigenvalue weighted by molar-refractivity contribution is -0.208. The average Bonchev–Trinajstić information content (AvgIpc) is 3.09. The largest absolute Gasteiger partial charge is 0.471 e. The van der Waals surface area contributed by atoms with E-state index in [2.05, 4.69) is 5.32 Å². The maximum atomic E-state index is 14.3. The first-order valence-corrected chi connectivity index (χ1v) is 17.2. The second-order valence-electron chi connectivity index (χ2n) is 14.2. The molecule has 2 aliphatic rings. The molecule has 3 aromatic rings. The molecule has 11 nitrogen and oxygen atoms in total. The van der Waals surface area contributed by atoms with Gasteiger partial charge in [-0.25, -0.2) is 9.59 Å². The maximum Gasteiger partial charge on any atom is 0.407 e. The first kappa shape index (κ1) is 36.4. The van der Waals surface area contributed by atoms with Gasteiger partial charge in [-0.2, -0.15) is 0 Å². The lowest BCUT2D eigenvalue weighted by Crippen LogP contribution is -2.54. The van der Waals surface area contributed by atoms with Crippen LogP contribution in [0.1, 0.15) is 75.9 Å². The third-order valence-corrected chi connectivity index (χ3v) is 8.97. The van der Waals surface area contributed by atoms with Crippen LogP contribution < -0.4 is 15.0 Å². The highest BCUT2D eigenvalue weighted by atomic mass is 16.7. The minimum absolute atomic E-state index is 0.102. The number of hydroxylamine groups is 2. The minimum atomic E-state index is -1.34. The number of carbonyl (C=O) groups excluding carboxylic acids is 4. The van der Waals surface area contributed by atoms with E-state index < -0.39 is 17.1 Å². The summed E-state index contributed by atoms with van der Waals surface area (Å²) in [6.07, 6.45) is 0.914. The molecule has 1 saturated heterocycles. The number of hydrogen-bond acceptors (Lipinski definition) is 8. The van der Waals surface area contributed by atoms with Crippen molar-refractivity contribution >= 4 is 29.6 Å². The Bertz CT molecular complexity index is 1670. The average molecular weight is 685 g/mol. The Morgan fingerprint density at radius 2 is 1.70 bits per heavy atom. The molecule has 2 unspecified atom stereocenters. The summed E-state index contributed by atoms with van der Waals surface area (Å²) < 4.78 is 11.8. The number of piperidine rings is 1. The molecular weight excluding hydrogens is 636 g/mol. The van der Waals surface area contributed by atoms with Crippen molar-refractivity contribution < 1.29 is 33.5 Å². The summed E-state index contributed by atoms with van der Waals surface area (Å²) in [6, 6.07) is 23.4. The first-order chi connectivity index (χ1) is 23.8. The van der Waals surface area contributed by atoms with Crippen molar-refractivity contribution in [3.63, 3.8) is 0 Å². The number of ether oxygens (including phenoxy) is 2. The van der Waals surface area contributed by atoms with Gasteiger partial charge >= 0.3 is 12.1 Å². The lowest BCUT2D eigenvalue weighted by atomic mass is 9.91. The number of rotatable bonds is 10. The summed E-state index contributed by atoms with van der Waals surface area (Å²) in [4.78, 5) is 62.8. The highest BCUT2D eigenvalue weighted by molar-refractivity contribution is 6.05. The van der Waals surface area contributed by atoms with Crippen LogP contribution in [0, 0.1) is 5.41 Å². The number of benzene rings is 3. The molecule has 3 amide bonds. The molecule has 0 aliphatic carbocycles. The SMILES string of the molecule is CC(C)N(C(=O)c1ccc2c(c1)N(CCNC(=O)OCc1ccccc1)C(=O)C(C)(c1ccccc1)O2)C1CCCN(OC(=O)C(C)(C)C)C1.